The molecule has 0 saturated heterocycles. The van der Waals surface area contributed by atoms with Gasteiger partial charge >= 0.3 is 5.97 Å². The van der Waals surface area contributed by atoms with Gasteiger partial charge in [-0.05, 0) is 62.2 Å². The number of carbonyl (C=O) groups is 1. The molecule has 1 N–H and O–H groups in total. The van der Waals surface area contributed by atoms with Gasteiger partial charge in [-0.15, -0.1) is 23.8 Å². The fourth-order valence-electron chi connectivity index (χ4n) is 4.33. The van der Waals surface area contributed by atoms with E-state index in [-0.39, 0.29) is 31.2 Å². The summed E-state index contributed by atoms with van der Waals surface area (Å²) in [6.07, 6.45) is 1.81. The van der Waals surface area contributed by atoms with Crippen molar-refractivity contribution in [1.29, 1.82) is 0 Å². The van der Waals surface area contributed by atoms with Gasteiger partial charge in [-0.3, -0.25) is 0 Å². The van der Waals surface area contributed by atoms with Crippen LogP contribution in [0.2, 0.25) is 0 Å². The van der Waals surface area contributed by atoms with Gasteiger partial charge in [0.2, 0.25) is 0 Å². The molecule has 0 unspecified atom stereocenters. The molecule has 4 aromatic rings. The van der Waals surface area contributed by atoms with Crippen LogP contribution in [-0.2, 0) is 25.5 Å². The number of carboxylic acid groups (broad SMARTS) is 1. The second-order valence-corrected chi connectivity index (χ2v) is 9.29. The van der Waals surface area contributed by atoms with E-state index in [4.69, 9.17) is 9.84 Å². The number of aromatic nitrogens is 2. The van der Waals surface area contributed by atoms with Crippen molar-refractivity contribution < 1.29 is 34.7 Å². The van der Waals surface area contributed by atoms with E-state index in [2.05, 4.69) is 48.1 Å². The Kier molecular flexibility index (Phi) is 8.12. The van der Waals surface area contributed by atoms with Crippen molar-refractivity contribution in [3.63, 3.8) is 0 Å². The molecule has 3 heterocycles. The van der Waals surface area contributed by atoms with Crippen LogP contribution in [0.4, 0.5) is 0 Å². The van der Waals surface area contributed by atoms with E-state index in [1.165, 1.54) is 11.1 Å². The largest absolute Gasteiger partial charge is 0.501 e. The summed E-state index contributed by atoms with van der Waals surface area (Å²) >= 11 is 0. The van der Waals surface area contributed by atoms with E-state index in [1.54, 1.807) is 13.1 Å². The van der Waals surface area contributed by atoms with Crippen molar-refractivity contribution in [3.05, 3.63) is 106 Å². The Morgan fingerprint density at radius 1 is 0.917 bits per heavy atom. The Hall–Kier alpha value is -3.34. The van der Waals surface area contributed by atoms with Crippen LogP contribution in [0.3, 0.4) is 0 Å². The summed E-state index contributed by atoms with van der Waals surface area (Å²) in [5, 5.41) is 8.84. The molecule has 1 aliphatic heterocycles. The van der Waals surface area contributed by atoms with Crippen LogP contribution in [0, 0.1) is 33.8 Å². The summed E-state index contributed by atoms with van der Waals surface area (Å²) in [5.41, 5.74) is 8.01. The molecule has 0 aliphatic carbocycles. The molecule has 0 amide bonds. The zero-order valence-electron chi connectivity index (χ0n) is 21.3. The number of hydrogen-bond donors (Lipinski definition) is 1. The molecule has 6 heteroatoms. The van der Waals surface area contributed by atoms with Crippen molar-refractivity contribution in [2.75, 3.05) is 0 Å². The topological polar surface area (TPSA) is 72.3 Å². The first-order valence-corrected chi connectivity index (χ1v) is 11.5. The first-order valence-electron chi connectivity index (χ1n) is 11.5. The molecule has 36 heavy (non-hydrogen) atoms. The van der Waals surface area contributed by atoms with Crippen LogP contribution in [0.5, 0.6) is 11.5 Å². The van der Waals surface area contributed by atoms with Gasteiger partial charge in [-0.2, -0.15) is 0 Å². The molecule has 5 rings (SSSR count). The molecule has 2 aromatic heterocycles. The van der Waals surface area contributed by atoms with Crippen molar-refractivity contribution in [2.45, 2.75) is 47.0 Å². The first kappa shape index (κ1) is 27.3. The van der Waals surface area contributed by atoms with Gasteiger partial charge in [0, 0.05) is 48.7 Å². The number of hydrogen-bond acceptors (Lipinski definition) is 4. The number of carboxylic acids is 1. The van der Waals surface area contributed by atoms with Crippen LogP contribution in [0.15, 0.2) is 60.8 Å². The average Bonchev–Trinajstić information content (AvgIpc) is 2.86. The molecular weight excluding hydrogens is 629 g/mol. The quantitative estimate of drug-likeness (QED) is 0.235. The van der Waals surface area contributed by atoms with Gasteiger partial charge < -0.3 is 14.8 Å². The Labute approximate surface area is 226 Å². The number of fused-ring (bicyclic) bond motifs is 2. The third kappa shape index (κ3) is 5.11. The molecule has 1 radical (unpaired) electrons. The number of ether oxygens (including phenoxy) is 1. The number of pyridine rings is 2. The molecule has 0 spiro atoms. The van der Waals surface area contributed by atoms with Crippen molar-refractivity contribution >= 4 is 5.97 Å². The summed E-state index contributed by atoms with van der Waals surface area (Å²) in [6, 6.07) is 21.5. The normalized spacial score (nSPS) is 12.6. The second kappa shape index (κ2) is 10.7. The molecule has 187 valence electrons. The van der Waals surface area contributed by atoms with E-state index in [9.17, 15) is 4.79 Å². The monoisotopic (exact) mass is 658 g/mol. The predicted molar refractivity (Wildman–Crippen MR) is 137 cm³/mol. The third-order valence-electron chi connectivity index (χ3n) is 6.81. The van der Waals surface area contributed by atoms with Crippen molar-refractivity contribution in [3.8, 4) is 22.8 Å². The van der Waals surface area contributed by atoms with Gasteiger partial charge in [-0.25, -0.2) is 9.78 Å². The van der Waals surface area contributed by atoms with E-state index in [0.29, 0.717) is 0 Å². The predicted octanol–water partition coefficient (Wildman–Crippen LogP) is 6.99. The minimum Gasteiger partial charge on any atom is -0.501 e. The molecular formula is C30H29IrN2O3-. The van der Waals surface area contributed by atoms with E-state index < -0.39 is 5.97 Å². The summed E-state index contributed by atoms with van der Waals surface area (Å²) in [6.45, 7) is 12.0. The maximum Gasteiger partial charge on any atom is 0.354 e. The number of benzene rings is 2. The number of para-hydroxylation sites is 1. The third-order valence-corrected chi connectivity index (χ3v) is 6.81. The number of rotatable bonds is 2. The molecule has 0 fully saturated rings. The van der Waals surface area contributed by atoms with Gasteiger partial charge in [0.25, 0.3) is 0 Å². The molecule has 0 saturated carbocycles. The zero-order valence-corrected chi connectivity index (χ0v) is 23.7. The Morgan fingerprint density at radius 3 is 2.28 bits per heavy atom. The summed E-state index contributed by atoms with van der Waals surface area (Å²) in [5.74, 6) is 0.853. The fourth-order valence-corrected chi connectivity index (χ4v) is 4.33. The number of aryl methyl sites for hydroxylation is 1. The van der Waals surface area contributed by atoms with E-state index in [1.807, 2.05) is 57.2 Å². The smallest absolute Gasteiger partial charge is 0.354 e. The van der Waals surface area contributed by atoms with Crippen LogP contribution in [0.1, 0.15) is 57.8 Å². The van der Waals surface area contributed by atoms with Crippen LogP contribution in [-0.4, -0.2) is 21.0 Å². The van der Waals surface area contributed by atoms with Crippen LogP contribution < -0.4 is 4.74 Å². The number of aromatic carboxylic acids is 1. The van der Waals surface area contributed by atoms with E-state index in [0.717, 1.165) is 45.1 Å². The van der Waals surface area contributed by atoms with Crippen molar-refractivity contribution in [1.82, 2.24) is 9.97 Å². The maximum absolute atomic E-state index is 10.8. The van der Waals surface area contributed by atoms with Crippen LogP contribution in [0.25, 0.3) is 11.3 Å². The number of nitrogens with zero attached hydrogens (tertiary/aromatic N) is 2. The van der Waals surface area contributed by atoms with Gasteiger partial charge in [0.15, 0.2) is 5.69 Å². The standard InChI is InChI=1S/C20H16NO.C10H13NO2.Ir/c1-20(2)15-7-3-4-9-18(15)22-19-11-10-14(13-16(19)20)17-8-5-6-12-21-17;1-5-6(2)8(4)11-9(7(5)3)10(12)13;/h3-9,11-13H,1-2H3;1-4H3,(H,12,13);/q-1;;. The zero-order chi connectivity index (χ0) is 25.3. The summed E-state index contributed by atoms with van der Waals surface area (Å²) in [4.78, 5) is 19.2. The molecule has 1 aliphatic rings. The Morgan fingerprint density at radius 2 is 1.61 bits per heavy atom. The van der Waals surface area contributed by atoms with Gasteiger partial charge in [-0.1, -0.05) is 49.7 Å². The average molecular weight is 658 g/mol. The molecule has 0 atom stereocenters. The Bertz CT molecular complexity index is 1420. The molecule has 0 bridgehead atoms. The second-order valence-electron chi connectivity index (χ2n) is 9.29. The van der Waals surface area contributed by atoms with E-state index >= 15 is 0 Å². The molecule has 2 aromatic carbocycles. The maximum atomic E-state index is 10.8. The fraction of sp³-hybridized carbons (Fsp3) is 0.233. The van der Waals surface area contributed by atoms with Gasteiger partial charge in [0.05, 0.1) is 0 Å². The molecule has 5 nitrogen and oxygen atoms in total. The Balaban J connectivity index is 0.000000223. The minimum atomic E-state index is -0.955. The van der Waals surface area contributed by atoms with Crippen molar-refractivity contribution in [2.24, 2.45) is 0 Å². The SMILES string of the molecule is CC1(C)c2ccccc2Oc2c[c-]c(-c3ccccn3)cc21.Cc1nc(C(=O)O)c(C)c(C)c1C.[Ir]. The first-order chi connectivity index (χ1) is 16.6. The summed E-state index contributed by atoms with van der Waals surface area (Å²) in [7, 11) is 0. The minimum absolute atomic E-state index is 0. The van der Waals surface area contributed by atoms with Gasteiger partial charge in [0.1, 0.15) is 5.75 Å². The summed E-state index contributed by atoms with van der Waals surface area (Å²) < 4.78 is 6.05. The van der Waals surface area contributed by atoms with Crippen LogP contribution >= 0.6 is 0 Å².